The van der Waals surface area contributed by atoms with E-state index in [9.17, 15) is 9.59 Å². The third-order valence-corrected chi connectivity index (χ3v) is 3.54. The molecule has 0 aromatic carbocycles. The molecule has 0 bridgehead atoms. The summed E-state index contributed by atoms with van der Waals surface area (Å²) in [5.74, 6) is -1.25. The van der Waals surface area contributed by atoms with Crippen LogP contribution in [-0.2, 0) is 14.3 Å². The van der Waals surface area contributed by atoms with Crippen LogP contribution in [0, 0.1) is 11.3 Å². The van der Waals surface area contributed by atoms with Crippen molar-refractivity contribution in [3.63, 3.8) is 0 Å². The number of hydrogen-bond donors (Lipinski definition) is 0. The summed E-state index contributed by atoms with van der Waals surface area (Å²) in [4.78, 5) is 26.9. The first kappa shape index (κ1) is 19.9. The van der Waals surface area contributed by atoms with Crippen LogP contribution in [0.2, 0.25) is 0 Å². The van der Waals surface area contributed by atoms with Crippen LogP contribution in [0.1, 0.15) is 67.7 Å². The molecule has 0 aliphatic rings. The van der Waals surface area contributed by atoms with Crippen molar-refractivity contribution in [3.05, 3.63) is 0 Å². The molecule has 0 aromatic rings. The zero-order valence-electron chi connectivity index (χ0n) is 14.9. The maximum atomic E-state index is 12.9. The van der Waals surface area contributed by atoms with Crippen molar-refractivity contribution in [2.45, 2.75) is 73.8 Å². The Bertz CT molecular complexity index is 331. The Balaban J connectivity index is 5.16. The summed E-state index contributed by atoms with van der Waals surface area (Å²) in [6, 6.07) is 0.0913. The number of rotatable bonds is 8. The number of carbonyl (C=O) groups is 2. The summed E-state index contributed by atoms with van der Waals surface area (Å²) in [7, 11) is 0. The van der Waals surface area contributed by atoms with E-state index in [1.165, 1.54) is 0 Å². The molecule has 0 aliphatic carbocycles. The van der Waals surface area contributed by atoms with E-state index in [1.807, 2.05) is 39.5 Å². The van der Waals surface area contributed by atoms with Gasteiger partial charge in [-0.3, -0.25) is 9.59 Å². The molecular formula is C17H33NO3. The lowest BCUT2D eigenvalue weighted by molar-refractivity contribution is -0.161. The Hall–Kier alpha value is -1.06. The van der Waals surface area contributed by atoms with Crippen LogP contribution in [0.3, 0.4) is 0 Å². The molecule has 1 amide bonds. The van der Waals surface area contributed by atoms with Crippen LogP contribution < -0.4 is 0 Å². The van der Waals surface area contributed by atoms with Crippen molar-refractivity contribution in [2.24, 2.45) is 11.3 Å². The summed E-state index contributed by atoms with van der Waals surface area (Å²) in [5.41, 5.74) is -0.443. The molecule has 4 nitrogen and oxygen atoms in total. The lowest BCUT2D eigenvalue weighted by Gasteiger charge is -2.35. The third-order valence-electron chi connectivity index (χ3n) is 3.54. The fourth-order valence-corrected chi connectivity index (χ4v) is 2.37. The number of unbranched alkanes of at least 4 members (excludes halogenated alkanes) is 2. The number of carbonyl (C=O) groups excluding carboxylic acids is 2. The minimum atomic E-state index is -0.735. The van der Waals surface area contributed by atoms with E-state index < -0.39 is 17.3 Å². The van der Waals surface area contributed by atoms with Crippen LogP contribution in [0.25, 0.3) is 0 Å². The average Bonchev–Trinajstić information content (AvgIpc) is 2.32. The predicted molar refractivity (Wildman–Crippen MR) is 86.0 cm³/mol. The van der Waals surface area contributed by atoms with Crippen molar-refractivity contribution in [1.29, 1.82) is 0 Å². The van der Waals surface area contributed by atoms with Crippen LogP contribution >= 0.6 is 0 Å². The molecule has 0 saturated heterocycles. The van der Waals surface area contributed by atoms with Gasteiger partial charge in [-0.25, -0.2) is 0 Å². The van der Waals surface area contributed by atoms with E-state index in [2.05, 4.69) is 6.92 Å². The lowest BCUT2D eigenvalue weighted by atomic mass is 9.79. The minimum absolute atomic E-state index is 0.0913. The summed E-state index contributed by atoms with van der Waals surface area (Å²) in [6.45, 7) is 14.6. The molecule has 1 atom stereocenters. The van der Waals surface area contributed by atoms with Gasteiger partial charge in [0.2, 0.25) is 5.91 Å². The van der Waals surface area contributed by atoms with Gasteiger partial charge in [-0.1, -0.05) is 40.5 Å². The number of esters is 1. The van der Waals surface area contributed by atoms with Crippen LogP contribution in [-0.4, -0.2) is 36.0 Å². The van der Waals surface area contributed by atoms with E-state index in [4.69, 9.17) is 4.74 Å². The van der Waals surface area contributed by atoms with Gasteiger partial charge in [0.25, 0.3) is 0 Å². The normalized spacial score (nSPS) is 13.1. The summed E-state index contributed by atoms with van der Waals surface area (Å²) in [5, 5.41) is 0. The van der Waals surface area contributed by atoms with Crippen molar-refractivity contribution >= 4 is 11.9 Å². The summed E-state index contributed by atoms with van der Waals surface area (Å²) in [6.07, 6.45) is 3.18. The number of amides is 1. The van der Waals surface area contributed by atoms with E-state index in [-0.39, 0.29) is 11.9 Å². The molecule has 0 radical (unpaired) electrons. The minimum Gasteiger partial charge on any atom is -0.465 e. The molecule has 0 aromatic heterocycles. The van der Waals surface area contributed by atoms with Crippen molar-refractivity contribution in [3.8, 4) is 0 Å². The van der Waals surface area contributed by atoms with E-state index in [0.717, 1.165) is 19.3 Å². The Kier molecular flexibility index (Phi) is 8.60. The second-order valence-corrected chi connectivity index (χ2v) is 6.88. The van der Waals surface area contributed by atoms with Crippen molar-refractivity contribution in [1.82, 2.24) is 4.90 Å². The standard InChI is InChI=1S/C17H33NO3/c1-8-10-11-12-18(13(3)4)15(19)14(17(5,6)7)16(20)21-9-2/h13-14H,8-12H2,1-7H3. The quantitative estimate of drug-likeness (QED) is 0.390. The highest BCUT2D eigenvalue weighted by Crippen LogP contribution is 2.29. The highest BCUT2D eigenvalue weighted by molar-refractivity contribution is 5.98. The predicted octanol–water partition coefficient (Wildman–Crippen LogP) is 3.64. The fraction of sp³-hybridized carbons (Fsp3) is 0.882. The molecule has 4 heteroatoms. The van der Waals surface area contributed by atoms with Gasteiger partial charge in [-0.15, -0.1) is 0 Å². The van der Waals surface area contributed by atoms with Crippen LogP contribution in [0.4, 0.5) is 0 Å². The van der Waals surface area contributed by atoms with Crippen molar-refractivity contribution < 1.29 is 14.3 Å². The zero-order chi connectivity index (χ0) is 16.6. The van der Waals surface area contributed by atoms with Gasteiger partial charge >= 0.3 is 5.97 Å². The molecule has 0 heterocycles. The van der Waals surface area contributed by atoms with Crippen LogP contribution in [0.5, 0.6) is 0 Å². The van der Waals surface area contributed by atoms with Crippen molar-refractivity contribution in [2.75, 3.05) is 13.2 Å². The van der Waals surface area contributed by atoms with Gasteiger partial charge in [0.15, 0.2) is 0 Å². The van der Waals surface area contributed by atoms with Gasteiger partial charge in [0, 0.05) is 12.6 Å². The highest BCUT2D eigenvalue weighted by Gasteiger charge is 2.41. The smallest absolute Gasteiger partial charge is 0.319 e. The monoisotopic (exact) mass is 299 g/mol. The Morgan fingerprint density at radius 3 is 2.05 bits per heavy atom. The van der Waals surface area contributed by atoms with Gasteiger partial charge in [0.05, 0.1) is 6.61 Å². The lowest BCUT2D eigenvalue weighted by Crippen LogP contribution is -2.48. The third kappa shape index (κ3) is 6.49. The first-order chi connectivity index (χ1) is 9.66. The van der Waals surface area contributed by atoms with Gasteiger partial charge < -0.3 is 9.64 Å². The zero-order valence-corrected chi connectivity index (χ0v) is 14.9. The number of hydrogen-bond acceptors (Lipinski definition) is 3. The molecule has 0 saturated carbocycles. The summed E-state index contributed by atoms with van der Waals surface area (Å²) >= 11 is 0. The molecule has 21 heavy (non-hydrogen) atoms. The van der Waals surface area contributed by atoms with E-state index in [0.29, 0.717) is 13.2 Å². The molecule has 0 fully saturated rings. The Morgan fingerprint density at radius 1 is 1.10 bits per heavy atom. The maximum absolute atomic E-state index is 12.9. The van der Waals surface area contributed by atoms with Gasteiger partial charge in [0.1, 0.15) is 5.92 Å². The molecular weight excluding hydrogens is 266 g/mol. The highest BCUT2D eigenvalue weighted by atomic mass is 16.5. The number of nitrogens with zero attached hydrogens (tertiary/aromatic N) is 1. The average molecular weight is 299 g/mol. The molecule has 0 rings (SSSR count). The topological polar surface area (TPSA) is 46.6 Å². The molecule has 0 N–H and O–H groups in total. The maximum Gasteiger partial charge on any atom is 0.319 e. The van der Waals surface area contributed by atoms with Gasteiger partial charge in [-0.2, -0.15) is 0 Å². The Labute approximate surface area is 130 Å². The van der Waals surface area contributed by atoms with E-state index >= 15 is 0 Å². The summed E-state index contributed by atoms with van der Waals surface area (Å²) < 4.78 is 5.12. The Morgan fingerprint density at radius 2 is 1.67 bits per heavy atom. The first-order valence-electron chi connectivity index (χ1n) is 8.13. The largest absolute Gasteiger partial charge is 0.465 e. The van der Waals surface area contributed by atoms with Crippen LogP contribution in [0.15, 0.2) is 0 Å². The first-order valence-corrected chi connectivity index (χ1v) is 8.13. The second-order valence-electron chi connectivity index (χ2n) is 6.88. The SMILES string of the molecule is CCCCCN(C(=O)C(C(=O)OCC)C(C)(C)C)C(C)C. The van der Waals surface area contributed by atoms with E-state index in [1.54, 1.807) is 6.92 Å². The molecule has 124 valence electrons. The number of ether oxygens (including phenoxy) is 1. The molecule has 1 unspecified atom stereocenters. The molecule has 0 aliphatic heterocycles. The molecule has 0 spiro atoms. The fourth-order valence-electron chi connectivity index (χ4n) is 2.37. The second kappa shape index (κ2) is 9.06. The van der Waals surface area contributed by atoms with Gasteiger partial charge in [-0.05, 0) is 32.6 Å².